The molecule has 71 heavy (non-hydrogen) atoms. The molecule has 10 fully saturated rings. The molecule has 6 aliphatic carbocycles. The normalized spacial score (nSPS) is 33.5. The fourth-order valence-corrected chi connectivity index (χ4v) is 13.6. The number of likely N-dealkylation sites (tertiary alicyclic amines) is 1. The van der Waals surface area contributed by atoms with Crippen LogP contribution in [-0.4, -0.2) is 118 Å². The van der Waals surface area contributed by atoms with E-state index in [1.807, 2.05) is 20.8 Å². The minimum atomic E-state index is -0.543. The monoisotopic (exact) mass is 981 g/mol. The van der Waals surface area contributed by atoms with Crippen molar-refractivity contribution in [1.82, 2.24) is 20.9 Å². The van der Waals surface area contributed by atoms with Crippen molar-refractivity contribution in [1.29, 1.82) is 0 Å². The minimum absolute atomic E-state index is 0.0370. The lowest BCUT2D eigenvalue weighted by atomic mass is 9.43. The zero-order chi connectivity index (χ0) is 50.7. The van der Waals surface area contributed by atoms with Crippen LogP contribution in [0, 0.1) is 60.2 Å². The summed E-state index contributed by atoms with van der Waals surface area (Å²) in [6.45, 7) is 27.2. The van der Waals surface area contributed by atoms with Crippen LogP contribution in [0.4, 0.5) is 14.4 Å². The van der Waals surface area contributed by atoms with Gasteiger partial charge in [0.15, 0.2) is 0 Å². The highest BCUT2D eigenvalue weighted by Crippen LogP contribution is 2.67. The third-order valence-electron chi connectivity index (χ3n) is 18.4. The average molecular weight is 981 g/mol. The van der Waals surface area contributed by atoms with Crippen LogP contribution < -0.4 is 16.0 Å². The first-order valence-electron chi connectivity index (χ1n) is 26.8. The van der Waals surface area contributed by atoms with Gasteiger partial charge in [-0.3, -0.25) is 0 Å². The Hall–Kier alpha value is -3.82. The number of nitrogens with zero attached hydrogens (tertiary/aromatic N) is 1. The maximum absolute atomic E-state index is 13.0. The standard InChI is InChI=1S/C30H45BN2O6.C25H37BN2O4/c1-19-8-10-20(11-9-19)14-25(31-38-24-16-22-15-23(29(22,5)6)30(24,7)39-31)32-26(34)36-18-21-12-13-33(17-21)27(35)37-28(2,3)4;1-16-5-7-17(8-6-16)11-22(28-23(29)30-15-18-9-10-27-14-18)26-31-21-13-19-12-20(24(19,2)3)25(21,4)32-26/h8-11,21-25H,12-18H2,1-7H3,(H,32,34);5-8,18-22,27H,9-15H2,1-4H3,(H,28,29)/t21-,22-,23-,24+,25-,30-;18-,19-,20-,21+,22-,25-/m00/s1. The SMILES string of the molecule is Cc1ccc(C[C@H](NC(=O)OC[C@H]2CCN(C(=O)OC(C)(C)C)C2)B2O[C@@H]3C[C@@H]4C[C@@H](C4(C)C)[C@]3(C)O2)cc1.Cc1ccc(C[C@H](NC(=O)OC[C@H]2CCNC2)B2O[C@@H]3C[C@@H]4C[C@@H](C4(C)C)[C@]3(C)O2)cc1. The number of carbonyl (C=O) groups is 3. The fraction of sp³-hybridized carbons (Fsp3) is 0.727. The van der Waals surface area contributed by atoms with Gasteiger partial charge in [0.2, 0.25) is 0 Å². The van der Waals surface area contributed by atoms with Gasteiger partial charge in [0.05, 0.1) is 48.5 Å². The predicted molar refractivity (Wildman–Crippen MR) is 273 cm³/mol. The molecule has 12 atom stereocenters. The van der Waals surface area contributed by atoms with Gasteiger partial charge >= 0.3 is 32.5 Å². The van der Waals surface area contributed by atoms with E-state index in [-0.39, 0.29) is 70.8 Å². The molecule has 4 heterocycles. The molecule has 0 radical (unpaired) electrons. The van der Waals surface area contributed by atoms with E-state index in [1.54, 1.807) is 4.90 Å². The third-order valence-corrected chi connectivity index (χ3v) is 18.4. The molecule has 388 valence electrons. The highest BCUT2D eigenvalue weighted by atomic mass is 16.7. The Morgan fingerprint density at radius 2 is 1.17 bits per heavy atom. The van der Waals surface area contributed by atoms with E-state index in [1.165, 1.54) is 24.0 Å². The van der Waals surface area contributed by atoms with Gasteiger partial charge in [-0.05, 0) is 152 Å². The molecular weight excluding hydrogens is 898 g/mol. The van der Waals surface area contributed by atoms with E-state index in [9.17, 15) is 14.4 Å². The topological polar surface area (TPSA) is 155 Å². The summed E-state index contributed by atoms with van der Waals surface area (Å²) < 4.78 is 43.1. The fourth-order valence-electron chi connectivity index (χ4n) is 13.6. The molecular formula is C55H82B2N4O10. The first kappa shape index (κ1) is 52.1. The number of alkyl carbamates (subject to hydrolysis) is 2. The molecule has 6 saturated carbocycles. The number of amides is 3. The van der Waals surface area contributed by atoms with Crippen molar-refractivity contribution >= 4 is 32.5 Å². The number of aryl methyl sites for hydroxylation is 2. The first-order chi connectivity index (χ1) is 33.5. The second-order valence-electron chi connectivity index (χ2n) is 25.2. The van der Waals surface area contributed by atoms with E-state index >= 15 is 0 Å². The summed E-state index contributed by atoms with van der Waals surface area (Å²) in [5.74, 6) is 2.08. The molecule has 4 aliphatic heterocycles. The zero-order valence-corrected chi connectivity index (χ0v) is 44.5. The number of ether oxygens (including phenoxy) is 3. The lowest BCUT2D eigenvalue weighted by Crippen LogP contribution is -2.65. The molecule has 0 spiro atoms. The van der Waals surface area contributed by atoms with Gasteiger partial charge in [-0.15, -0.1) is 0 Å². The summed E-state index contributed by atoms with van der Waals surface area (Å²) in [6.07, 6.45) is 6.40. The van der Waals surface area contributed by atoms with Crippen molar-refractivity contribution in [3.8, 4) is 0 Å². The van der Waals surface area contributed by atoms with Gasteiger partial charge in [-0.2, -0.15) is 0 Å². The maximum Gasteiger partial charge on any atom is 0.482 e. The van der Waals surface area contributed by atoms with Crippen molar-refractivity contribution in [2.75, 3.05) is 39.4 Å². The van der Waals surface area contributed by atoms with Gasteiger partial charge in [-0.1, -0.05) is 87.4 Å². The smallest absolute Gasteiger partial charge is 0.449 e. The van der Waals surface area contributed by atoms with Gasteiger partial charge in [0, 0.05) is 31.5 Å². The number of nitrogens with one attached hydrogen (secondary N) is 3. The van der Waals surface area contributed by atoms with Crippen LogP contribution in [0.3, 0.4) is 0 Å². The lowest BCUT2D eigenvalue weighted by molar-refractivity contribution is -0.199. The second-order valence-corrected chi connectivity index (χ2v) is 25.2. The van der Waals surface area contributed by atoms with Crippen LogP contribution in [0.1, 0.15) is 123 Å². The van der Waals surface area contributed by atoms with Crippen molar-refractivity contribution in [2.24, 2.45) is 46.3 Å². The Bertz CT molecular complexity index is 2220. The van der Waals surface area contributed by atoms with Crippen LogP contribution in [0.15, 0.2) is 48.5 Å². The Balaban J connectivity index is 0.000000179. The Kier molecular flexibility index (Phi) is 14.8. The van der Waals surface area contributed by atoms with Crippen molar-refractivity contribution < 1.29 is 47.2 Å². The van der Waals surface area contributed by atoms with Crippen LogP contribution in [0.25, 0.3) is 0 Å². The second kappa shape index (κ2) is 20.1. The number of hydrogen-bond donors (Lipinski definition) is 3. The maximum atomic E-state index is 13.0. The van der Waals surface area contributed by atoms with E-state index in [0.29, 0.717) is 62.1 Å². The molecule has 16 heteroatoms. The number of hydrogen-bond acceptors (Lipinski definition) is 11. The molecule has 2 aromatic rings. The molecule has 0 aromatic heterocycles. The summed E-state index contributed by atoms with van der Waals surface area (Å²) >= 11 is 0. The van der Waals surface area contributed by atoms with E-state index in [0.717, 1.165) is 49.9 Å². The lowest BCUT2D eigenvalue weighted by Gasteiger charge is -2.64. The molecule has 3 N–H and O–H groups in total. The molecule has 4 bridgehead atoms. The van der Waals surface area contributed by atoms with Crippen molar-refractivity contribution in [3.63, 3.8) is 0 Å². The van der Waals surface area contributed by atoms with Gasteiger partial charge in [-0.25, -0.2) is 14.4 Å². The van der Waals surface area contributed by atoms with Gasteiger partial charge in [0.25, 0.3) is 0 Å². The zero-order valence-electron chi connectivity index (χ0n) is 44.5. The number of benzene rings is 2. The molecule has 0 unspecified atom stereocenters. The van der Waals surface area contributed by atoms with Crippen molar-refractivity contribution in [3.05, 3.63) is 70.8 Å². The highest BCUT2D eigenvalue weighted by Gasteiger charge is 2.70. The minimum Gasteiger partial charge on any atom is -0.449 e. The number of carbonyl (C=O) groups excluding carboxylic acids is 3. The Labute approximate surface area is 424 Å². The van der Waals surface area contributed by atoms with Gasteiger partial charge < -0.3 is 53.7 Å². The Morgan fingerprint density at radius 3 is 1.59 bits per heavy atom. The van der Waals surface area contributed by atoms with E-state index in [2.05, 4.69) is 120 Å². The third kappa shape index (κ3) is 11.0. The van der Waals surface area contributed by atoms with Crippen LogP contribution in [0.5, 0.6) is 0 Å². The largest absolute Gasteiger partial charge is 0.482 e. The molecule has 12 rings (SSSR count). The summed E-state index contributed by atoms with van der Waals surface area (Å²) in [6, 6.07) is 16.8. The summed E-state index contributed by atoms with van der Waals surface area (Å²) in [7, 11) is -1.01. The predicted octanol–water partition coefficient (Wildman–Crippen LogP) is 8.67. The molecule has 2 aromatic carbocycles. The molecule has 3 amide bonds. The van der Waals surface area contributed by atoms with Crippen LogP contribution in [0.2, 0.25) is 0 Å². The quantitative estimate of drug-likeness (QED) is 0.138. The summed E-state index contributed by atoms with van der Waals surface area (Å²) in [5, 5.41) is 9.48. The Morgan fingerprint density at radius 1 is 0.704 bits per heavy atom. The molecule has 14 nitrogen and oxygen atoms in total. The van der Waals surface area contributed by atoms with Crippen molar-refractivity contribution in [2.45, 2.75) is 168 Å². The van der Waals surface area contributed by atoms with Crippen LogP contribution >= 0.6 is 0 Å². The van der Waals surface area contributed by atoms with Crippen LogP contribution in [-0.2, 0) is 45.7 Å². The summed E-state index contributed by atoms with van der Waals surface area (Å²) in [5.41, 5.74) is 4.01. The molecule has 10 aliphatic rings. The molecule has 4 saturated heterocycles. The number of rotatable bonds is 12. The van der Waals surface area contributed by atoms with Gasteiger partial charge in [0.1, 0.15) is 5.60 Å². The summed E-state index contributed by atoms with van der Waals surface area (Å²) in [4.78, 5) is 39.8. The first-order valence-corrected chi connectivity index (χ1v) is 26.8. The van der Waals surface area contributed by atoms with E-state index < -0.39 is 25.9 Å². The highest BCUT2D eigenvalue weighted by molar-refractivity contribution is 6.48. The average Bonchev–Trinajstić information content (AvgIpc) is 4.14. The van der Waals surface area contributed by atoms with E-state index in [4.69, 9.17) is 32.8 Å².